The molecule has 0 aliphatic rings. The third kappa shape index (κ3) is 43.6. The molecule has 0 fully saturated rings. The predicted molar refractivity (Wildman–Crippen MR) is 683 cm³/mol. The topological polar surface area (TPSA) is 75.5 Å². The van der Waals surface area contributed by atoms with Crippen LogP contribution in [0.5, 0.6) is 0 Å². The van der Waals surface area contributed by atoms with Crippen LogP contribution in [0.1, 0.15) is 166 Å². The van der Waals surface area contributed by atoms with Crippen LogP contribution in [0.3, 0.4) is 0 Å². The zero-order valence-electron chi connectivity index (χ0n) is 95.5. The molecule has 2 N–H and O–H groups in total. The normalized spacial score (nSPS) is 13.3. The van der Waals surface area contributed by atoms with Gasteiger partial charge in [-0.05, 0) is 224 Å². The SMILES string of the molecule is C.C.C[C@H](Cc1c[nH]c2c(CI)cccc12)N(C)C.C[C@H](Cc1c[nH]c2cc(CI)ccc12)N(C)C.C[C@H](Cc1cccc(CI)c1)N(C)C.C[C@H](Cc1cn(C)c2ccc(CI)cc12)N(C)C.C[I-]c1c(C[C@@H](C)N(C)C)c2ccccc2n1C.C[I-]c1cc(C)ccc1C[C@@H](C)N(C)C.C[I-]c1cccc2c1c(C[C@@H](C)N(C)C)cn2C.C[I-]c1ccccc1C[C@@H](C)N(C)C.Cc1ccc(C[C@@H](C)N(C)C)cc1CI. The van der Waals surface area contributed by atoms with Crippen LogP contribution in [-0.2, 0) is 101 Å². The van der Waals surface area contributed by atoms with Gasteiger partial charge in [-0.15, -0.1) is 0 Å². The quantitative estimate of drug-likeness (QED) is 0.0295. The number of likely N-dealkylation sites (N-methyl/N-ethyl adjacent to an activating group) is 9. The summed E-state index contributed by atoms with van der Waals surface area (Å²) in [6.45, 7) is 24.9. The molecule has 0 unspecified atom stereocenters. The molecule has 14 rings (SSSR count). The summed E-state index contributed by atoms with van der Waals surface area (Å²) in [5.41, 5.74) is 29.9. The molecule has 5 aromatic heterocycles. The van der Waals surface area contributed by atoms with Crippen LogP contribution < -0.4 is 84.8 Å². The molecule has 14 nitrogen and oxygen atoms in total. The van der Waals surface area contributed by atoms with Crippen LogP contribution >= 0.6 is 113 Å². The number of benzene rings is 9. The summed E-state index contributed by atoms with van der Waals surface area (Å²) in [4.78, 5) is 36.7. The van der Waals surface area contributed by atoms with Gasteiger partial charge in [-0.25, -0.2) is 0 Å². The third-order valence-electron chi connectivity index (χ3n) is 28.7. The smallest absolute Gasteiger partial charge is 0.0249 e. The average molecular weight is 3030 g/mol. The van der Waals surface area contributed by atoms with E-state index in [2.05, 4.69) is 631 Å². The fourth-order valence-electron chi connectivity index (χ4n) is 16.7. The van der Waals surface area contributed by atoms with E-state index in [1.165, 1.54) is 140 Å². The Balaban J connectivity index is 0.000000347. The van der Waals surface area contributed by atoms with Gasteiger partial charge in [0.05, 0.1) is 0 Å². The number of nitrogens with one attached hydrogen (secondary N) is 2. The second kappa shape index (κ2) is 70.7. The van der Waals surface area contributed by atoms with Gasteiger partial charge in [0.25, 0.3) is 0 Å². The van der Waals surface area contributed by atoms with E-state index in [4.69, 9.17) is 0 Å². The van der Waals surface area contributed by atoms with Crippen molar-refractivity contribution in [2.75, 3.05) is 147 Å². The predicted octanol–water partition coefficient (Wildman–Crippen LogP) is 16.2. The van der Waals surface area contributed by atoms with Crippen LogP contribution in [-0.4, -0.2) is 269 Å². The Kier molecular flexibility index (Phi) is 65.5. The van der Waals surface area contributed by atoms with E-state index in [0.29, 0.717) is 54.4 Å². The number of aromatic nitrogens is 5. The molecule has 5 heterocycles. The molecule has 9 atom stereocenters. The number of alkyl halides is 9. The maximum atomic E-state index is 3.43. The first-order valence-corrected chi connectivity index (χ1v) is 71.8. The summed E-state index contributed by atoms with van der Waals surface area (Å²) in [5, 5.41) is 7.13. The number of fused-ring (bicyclic) bond motifs is 5. The van der Waals surface area contributed by atoms with Gasteiger partial charge < -0.3 is 39.0 Å². The van der Waals surface area contributed by atoms with Crippen molar-refractivity contribution in [2.45, 2.75) is 225 Å². The molecule has 23 heteroatoms. The Labute approximate surface area is 1010 Å². The minimum absolute atomic E-state index is 0. The Morgan fingerprint density at radius 2 is 0.676 bits per heavy atom. The van der Waals surface area contributed by atoms with Crippen LogP contribution in [0, 0.1) is 28.3 Å². The van der Waals surface area contributed by atoms with Gasteiger partial charge in [-0.2, -0.15) is 0 Å². The maximum absolute atomic E-state index is 3.43. The number of aromatic amines is 2. The molecular formula is C125H189I9N14-4. The van der Waals surface area contributed by atoms with Gasteiger partial charge >= 0.3 is 443 Å². The van der Waals surface area contributed by atoms with Crippen molar-refractivity contribution in [1.82, 2.24) is 67.8 Å². The molecule has 0 saturated carbocycles. The van der Waals surface area contributed by atoms with E-state index in [-0.39, 0.29) is 99.7 Å². The van der Waals surface area contributed by atoms with E-state index in [0.717, 1.165) is 67.1 Å². The summed E-state index contributed by atoms with van der Waals surface area (Å²) in [7, 11) is 45.1. The van der Waals surface area contributed by atoms with Crippen LogP contribution in [0.25, 0.3) is 54.5 Å². The monoisotopic (exact) mass is 3030 g/mol. The number of halogens is 9. The molecule has 0 bridgehead atoms. The zero-order valence-corrected chi connectivity index (χ0v) is 115. The number of rotatable bonds is 36. The molecule has 0 aliphatic carbocycles. The molecule has 148 heavy (non-hydrogen) atoms. The standard InChI is InChI=1S/2C15H22IN2.C15H21IN2.2C14H19IN2.C13H21IN.C13H20IN.C12H19IN.C12H18IN.2CH4/c1-11(17(3)4)9-12-10-18(5)14-8-6-7-13(16-2)15(12)14;1-11(17(3)4)10-13-12-8-6-7-9-14(12)18(5)15(13)16-2;1-11(17(2)3)7-13-10-18(4)15-6-5-12(9-16)8-14(13)15;1-10(17(2)3)6-12-9-16-14-7-11(8-15)4-5-13(12)14;1-10(17(2)3)7-12-9-16-14-11(8-15)5-4-6-13(12)14;1-10-6-7-12(13(8-10)14-3)9-11(2)15(4)5;1-10-5-6-12(8-13(10)9-14)7-11(2)15(3)4;1-10(14(3)4)9-11-7-5-6-8-12(11)13-2;1-10(14(2)3)7-11-5-4-6-12(8-11)9-13;;/h6-8,10-11H,9H2,1-5H3;6-9,11H,10H2,1-5H3;5-6,8,10-11H,7,9H2,1-4H3;4-5,7,9-10,16H,6,8H2,1-3H3;4-6,9-10,16H,7-8H2,1-3H3;6-8,11H,9H2,1-5H3;5-6,8,11H,7,9H2,1-4H3;5-8,10H,9H2,1-4H3;4-6,8,10H,7,9H2,1-3H3;2*1H4/q2*-1;;;;-1;;-1;;;/t3*11-;2*10-;2*11-;2*10-;;/m111111111../s1. The van der Waals surface area contributed by atoms with Crippen LogP contribution in [0.15, 0.2) is 207 Å². The first-order chi connectivity index (χ1) is 69.2. The van der Waals surface area contributed by atoms with E-state index >= 15 is 0 Å². The first-order valence-electron chi connectivity index (χ1n) is 51.2. The number of aryl methyl sites for hydroxylation is 5. The Bertz CT molecular complexity index is 6150. The van der Waals surface area contributed by atoms with Crippen LogP contribution in [0.2, 0.25) is 0 Å². The van der Waals surface area contributed by atoms with Gasteiger partial charge in [-0.1, -0.05) is 207 Å². The van der Waals surface area contributed by atoms with E-state index in [1.807, 2.05) is 0 Å². The summed E-state index contributed by atoms with van der Waals surface area (Å²) >= 11 is 12.7. The number of nitrogens with zero attached hydrogens (tertiary/aromatic N) is 12. The molecule has 0 aliphatic heterocycles. The fourth-order valence-corrected chi connectivity index (χ4v) is 27.0. The third-order valence-corrected chi connectivity index (χ3v) is 41.9. The second-order valence-electron chi connectivity index (χ2n) is 41.6. The van der Waals surface area contributed by atoms with E-state index in [9.17, 15) is 0 Å². The number of hydrogen-bond acceptors (Lipinski definition) is 9. The number of para-hydroxylation sites is 2. The number of H-pyrrole nitrogens is 2. The minimum atomic E-state index is 0. The molecule has 9 aromatic carbocycles. The molecule has 0 saturated heterocycles. The van der Waals surface area contributed by atoms with Gasteiger partial charge in [0, 0.05) is 111 Å². The van der Waals surface area contributed by atoms with Crippen molar-refractivity contribution in [3.05, 3.63) is 310 Å². The van der Waals surface area contributed by atoms with Crippen molar-refractivity contribution >= 4 is 167 Å². The fraction of sp³-hybridized carbons (Fsp3) is 0.488. The molecule has 14 aromatic rings. The molecule has 0 radical (unpaired) electrons. The molecule has 826 valence electrons. The molecular weight excluding hydrogens is 2840 g/mol. The van der Waals surface area contributed by atoms with Crippen molar-refractivity contribution in [2.24, 2.45) is 21.1 Å². The van der Waals surface area contributed by atoms with Crippen molar-refractivity contribution in [1.29, 1.82) is 0 Å². The largest absolute Gasteiger partial charge is 0.306 e. The summed E-state index contributed by atoms with van der Waals surface area (Å²) < 4.78 is 18.7. The Morgan fingerprint density at radius 1 is 0.284 bits per heavy atom. The van der Waals surface area contributed by atoms with Gasteiger partial charge in [0.2, 0.25) is 0 Å². The average Bonchev–Trinajstić information content (AvgIpc) is 1.63. The summed E-state index contributed by atoms with van der Waals surface area (Å²) in [5.74, 6) is 0. The number of hydrogen-bond donors (Lipinski definition) is 2. The van der Waals surface area contributed by atoms with E-state index in [1.54, 1.807) is 31.1 Å². The molecule has 0 spiro atoms. The summed E-state index contributed by atoms with van der Waals surface area (Å²) in [6.07, 6.45) is 19.1. The Hall–Kier alpha value is -3.11. The second-order valence-corrected chi connectivity index (χ2v) is 54.2. The zero-order chi connectivity index (χ0) is 109. The first kappa shape index (κ1) is 137. The van der Waals surface area contributed by atoms with Crippen molar-refractivity contribution in [3.8, 4) is 0 Å². The van der Waals surface area contributed by atoms with Crippen LogP contribution in [0.4, 0.5) is 0 Å². The van der Waals surface area contributed by atoms with Crippen molar-refractivity contribution < 1.29 is 84.8 Å². The molecule has 0 amide bonds. The van der Waals surface area contributed by atoms with Gasteiger partial charge in [0.15, 0.2) is 0 Å². The minimum Gasteiger partial charge on any atom is -0.306 e. The van der Waals surface area contributed by atoms with Crippen molar-refractivity contribution in [3.63, 3.8) is 0 Å². The van der Waals surface area contributed by atoms with E-state index < -0.39 is 0 Å². The maximum Gasteiger partial charge on any atom is 0.0249 e. The van der Waals surface area contributed by atoms with Gasteiger partial charge in [-0.3, -0.25) is 0 Å². The van der Waals surface area contributed by atoms with Gasteiger partial charge in [0.1, 0.15) is 0 Å². The Morgan fingerprint density at radius 3 is 1.20 bits per heavy atom. The summed E-state index contributed by atoms with van der Waals surface area (Å²) in [6, 6.07) is 72.5.